The molecule has 9 nitrogen and oxygen atoms in total. The van der Waals surface area contributed by atoms with Crippen LogP contribution < -0.4 is 15.5 Å². The third-order valence-corrected chi connectivity index (χ3v) is 6.66. The maximum absolute atomic E-state index is 13.5. The lowest BCUT2D eigenvalue weighted by Crippen LogP contribution is -2.26. The Hall–Kier alpha value is -4.24. The van der Waals surface area contributed by atoms with Crippen LogP contribution in [0.15, 0.2) is 54.9 Å². The number of pyridine rings is 1. The molecular weight excluding hydrogens is 468 g/mol. The van der Waals surface area contributed by atoms with Crippen molar-refractivity contribution in [2.75, 3.05) is 37.5 Å². The van der Waals surface area contributed by atoms with Gasteiger partial charge >= 0.3 is 0 Å². The molecular formula is C28H30N6O3. The van der Waals surface area contributed by atoms with Crippen molar-refractivity contribution in [3.8, 4) is 11.4 Å². The predicted octanol–water partition coefficient (Wildman–Crippen LogP) is 3.53. The average Bonchev–Trinajstić information content (AvgIpc) is 3.23. The number of hydrogen-bond acceptors (Lipinski definition) is 6. The number of carbonyl (C=O) groups is 2. The van der Waals surface area contributed by atoms with Crippen LogP contribution in [0.5, 0.6) is 0 Å². The number of aryl methyl sites for hydroxylation is 2. The fourth-order valence-corrected chi connectivity index (χ4v) is 4.91. The molecule has 1 aliphatic rings. The van der Waals surface area contributed by atoms with Gasteiger partial charge in [0.1, 0.15) is 12.4 Å². The summed E-state index contributed by atoms with van der Waals surface area (Å²) in [6.45, 7) is 1.37. The molecule has 2 aromatic carbocycles. The standard InChI is InChI=1S/C28H30N6O3/c1-33-12-4-5-20-13-18(6-7-24(20)33)16-30-28(36)22-14-21(31-25(35)17-37-3)15-23-26(22)34(2)27(32-23)19-8-10-29-11-9-19/h6-11,13-15H,4-5,12,16-17H2,1-3H3,(H,30,36)(H,31,35). The van der Waals surface area contributed by atoms with Gasteiger partial charge in [0.05, 0.1) is 16.6 Å². The molecule has 0 atom stereocenters. The summed E-state index contributed by atoms with van der Waals surface area (Å²) in [4.78, 5) is 36.9. The molecule has 190 valence electrons. The van der Waals surface area contributed by atoms with Crippen LogP contribution in [0.2, 0.25) is 0 Å². The van der Waals surface area contributed by atoms with Crippen LogP contribution in [0.3, 0.4) is 0 Å². The van der Waals surface area contributed by atoms with E-state index in [1.54, 1.807) is 24.5 Å². The van der Waals surface area contributed by atoms with Crippen molar-refractivity contribution in [3.05, 3.63) is 71.5 Å². The number of carbonyl (C=O) groups excluding carboxylic acids is 2. The number of ether oxygens (including phenoxy) is 1. The van der Waals surface area contributed by atoms with Gasteiger partial charge < -0.3 is 24.8 Å². The first-order chi connectivity index (χ1) is 17.9. The Morgan fingerprint density at radius 1 is 1.08 bits per heavy atom. The summed E-state index contributed by atoms with van der Waals surface area (Å²) < 4.78 is 6.83. The van der Waals surface area contributed by atoms with E-state index in [1.807, 2.05) is 23.7 Å². The Labute approximate surface area is 215 Å². The van der Waals surface area contributed by atoms with Gasteiger partial charge in [0, 0.05) is 63.6 Å². The van der Waals surface area contributed by atoms with Gasteiger partial charge in [-0.15, -0.1) is 0 Å². The summed E-state index contributed by atoms with van der Waals surface area (Å²) in [6.07, 6.45) is 5.57. The minimum absolute atomic E-state index is 0.0857. The lowest BCUT2D eigenvalue weighted by Gasteiger charge is -2.27. The lowest BCUT2D eigenvalue weighted by atomic mass is 9.99. The number of nitrogens with zero attached hydrogens (tertiary/aromatic N) is 4. The van der Waals surface area contributed by atoms with E-state index in [9.17, 15) is 9.59 Å². The number of imidazole rings is 1. The zero-order valence-electron chi connectivity index (χ0n) is 21.2. The minimum Gasteiger partial charge on any atom is -0.375 e. The second-order valence-electron chi connectivity index (χ2n) is 9.27. The Morgan fingerprint density at radius 3 is 2.68 bits per heavy atom. The number of aromatic nitrogens is 3. The number of nitrogens with one attached hydrogen (secondary N) is 2. The highest BCUT2D eigenvalue weighted by atomic mass is 16.5. The molecule has 4 aromatic rings. The molecule has 0 aliphatic carbocycles. The molecule has 0 spiro atoms. The molecule has 0 saturated carbocycles. The van der Waals surface area contributed by atoms with Gasteiger partial charge in [0.25, 0.3) is 5.91 Å². The van der Waals surface area contributed by atoms with Gasteiger partial charge in [-0.1, -0.05) is 12.1 Å². The predicted molar refractivity (Wildman–Crippen MR) is 144 cm³/mol. The summed E-state index contributed by atoms with van der Waals surface area (Å²) in [5.41, 5.74) is 6.68. The highest BCUT2D eigenvalue weighted by Crippen LogP contribution is 2.30. The van der Waals surface area contributed by atoms with Crippen LogP contribution in [0.4, 0.5) is 11.4 Å². The van der Waals surface area contributed by atoms with Crippen LogP contribution in [0.1, 0.15) is 27.9 Å². The third kappa shape index (κ3) is 5.03. The first-order valence-electron chi connectivity index (χ1n) is 12.3. The van der Waals surface area contributed by atoms with Crippen molar-refractivity contribution in [3.63, 3.8) is 0 Å². The van der Waals surface area contributed by atoms with Crippen molar-refractivity contribution in [1.82, 2.24) is 19.9 Å². The minimum atomic E-state index is -0.308. The van der Waals surface area contributed by atoms with Crippen LogP contribution in [-0.2, 0) is 29.5 Å². The molecule has 1 aliphatic heterocycles. The molecule has 0 fully saturated rings. The summed E-state index contributed by atoms with van der Waals surface area (Å²) in [6, 6.07) is 13.6. The van der Waals surface area contributed by atoms with E-state index >= 15 is 0 Å². The van der Waals surface area contributed by atoms with Crippen LogP contribution in [0, 0.1) is 0 Å². The molecule has 2 N–H and O–H groups in total. The second-order valence-corrected chi connectivity index (χ2v) is 9.27. The molecule has 0 radical (unpaired) electrons. The first kappa shape index (κ1) is 24.5. The molecule has 37 heavy (non-hydrogen) atoms. The number of hydrogen-bond donors (Lipinski definition) is 2. The summed E-state index contributed by atoms with van der Waals surface area (Å²) >= 11 is 0. The summed E-state index contributed by atoms with van der Waals surface area (Å²) in [5, 5.41) is 5.87. The van der Waals surface area contributed by atoms with Crippen molar-refractivity contribution in [2.24, 2.45) is 7.05 Å². The van der Waals surface area contributed by atoms with Gasteiger partial charge in [-0.05, 0) is 54.3 Å². The van der Waals surface area contributed by atoms with E-state index in [4.69, 9.17) is 9.72 Å². The first-order valence-corrected chi connectivity index (χ1v) is 12.3. The number of rotatable bonds is 7. The van der Waals surface area contributed by atoms with Crippen molar-refractivity contribution in [1.29, 1.82) is 0 Å². The third-order valence-electron chi connectivity index (χ3n) is 6.66. The van der Waals surface area contributed by atoms with E-state index < -0.39 is 0 Å². The molecule has 2 aromatic heterocycles. The maximum Gasteiger partial charge on any atom is 0.253 e. The smallest absolute Gasteiger partial charge is 0.253 e. The van der Waals surface area contributed by atoms with Crippen LogP contribution in [-0.4, -0.2) is 53.7 Å². The SMILES string of the molecule is COCC(=O)Nc1cc(C(=O)NCc2ccc3c(c2)CCCN3C)c2c(c1)nc(-c1ccncc1)n2C. The van der Waals surface area contributed by atoms with E-state index in [1.165, 1.54) is 18.4 Å². The molecule has 9 heteroatoms. The van der Waals surface area contributed by atoms with Gasteiger partial charge in [0.15, 0.2) is 0 Å². The largest absolute Gasteiger partial charge is 0.375 e. The molecule has 3 heterocycles. The Balaban J connectivity index is 1.48. The van der Waals surface area contributed by atoms with Crippen molar-refractivity contribution >= 4 is 34.2 Å². The number of anilines is 2. The maximum atomic E-state index is 13.5. The molecule has 0 saturated heterocycles. The molecule has 0 bridgehead atoms. The van der Waals surface area contributed by atoms with Gasteiger partial charge in [-0.3, -0.25) is 14.6 Å². The summed E-state index contributed by atoms with van der Waals surface area (Å²) in [5.74, 6) is 0.148. The van der Waals surface area contributed by atoms with E-state index in [2.05, 4.69) is 45.8 Å². The fraction of sp³-hybridized carbons (Fsp3) is 0.286. The molecule has 0 unspecified atom stereocenters. The van der Waals surface area contributed by atoms with E-state index in [0.717, 1.165) is 30.5 Å². The topological polar surface area (TPSA) is 101 Å². The van der Waals surface area contributed by atoms with E-state index in [0.29, 0.717) is 34.7 Å². The quantitative estimate of drug-likeness (QED) is 0.404. The Bertz CT molecular complexity index is 1460. The average molecular weight is 499 g/mol. The normalized spacial score (nSPS) is 12.9. The van der Waals surface area contributed by atoms with Crippen molar-refractivity contribution < 1.29 is 14.3 Å². The van der Waals surface area contributed by atoms with Crippen molar-refractivity contribution in [2.45, 2.75) is 19.4 Å². The van der Waals surface area contributed by atoms with Gasteiger partial charge in [-0.2, -0.15) is 0 Å². The Morgan fingerprint density at radius 2 is 1.89 bits per heavy atom. The number of methoxy groups -OCH3 is 1. The number of benzene rings is 2. The number of amides is 2. The van der Waals surface area contributed by atoms with Gasteiger partial charge in [-0.25, -0.2) is 4.98 Å². The van der Waals surface area contributed by atoms with Crippen LogP contribution in [0.25, 0.3) is 22.4 Å². The number of fused-ring (bicyclic) bond motifs is 2. The van der Waals surface area contributed by atoms with E-state index in [-0.39, 0.29) is 18.4 Å². The summed E-state index contributed by atoms with van der Waals surface area (Å²) in [7, 11) is 5.45. The zero-order chi connectivity index (χ0) is 25.9. The fourth-order valence-electron chi connectivity index (χ4n) is 4.91. The van der Waals surface area contributed by atoms with Crippen LogP contribution >= 0.6 is 0 Å². The highest BCUT2D eigenvalue weighted by Gasteiger charge is 2.20. The van der Waals surface area contributed by atoms with Gasteiger partial charge in [0.2, 0.25) is 5.91 Å². The molecule has 2 amide bonds. The molecule has 5 rings (SSSR count). The monoisotopic (exact) mass is 498 g/mol. The Kier molecular flexibility index (Phi) is 6.87. The highest BCUT2D eigenvalue weighted by molar-refractivity contribution is 6.08. The zero-order valence-corrected chi connectivity index (χ0v) is 21.2. The lowest BCUT2D eigenvalue weighted by molar-refractivity contribution is -0.119. The second kappa shape index (κ2) is 10.4.